The zero-order valence-electron chi connectivity index (χ0n) is 17.4. The van der Waals surface area contributed by atoms with Crippen LogP contribution in [0.5, 0.6) is 0 Å². The van der Waals surface area contributed by atoms with Crippen molar-refractivity contribution in [1.29, 1.82) is 0 Å². The van der Waals surface area contributed by atoms with Gasteiger partial charge in [0.05, 0.1) is 38.9 Å². The standard InChI is InChI=1S/C23H27N3O4/c1-17(27)19-7-9-21(10-8-19)26-13-11-25(12-14-26)16-22(28)24-15-18-3-5-20(6-4-18)23(29)30-2/h3-10H,11-16H2,1-2H3,(H,24,28)/p+1. The molecular weight excluding hydrogens is 382 g/mol. The van der Waals surface area contributed by atoms with Crippen LogP contribution in [0.25, 0.3) is 0 Å². The molecule has 1 saturated heterocycles. The van der Waals surface area contributed by atoms with E-state index in [1.807, 2.05) is 36.4 Å². The second kappa shape index (κ2) is 10.0. The van der Waals surface area contributed by atoms with E-state index in [-0.39, 0.29) is 17.7 Å². The van der Waals surface area contributed by atoms with Crippen molar-refractivity contribution in [3.63, 3.8) is 0 Å². The van der Waals surface area contributed by atoms with Crippen molar-refractivity contribution in [2.75, 3.05) is 44.7 Å². The fourth-order valence-corrected chi connectivity index (χ4v) is 3.53. The average Bonchev–Trinajstić information content (AvgIpc) is 2.78. The van der Waals surface area contributed by atoms with Crippen molar-refractivity contribution in [2.45, 2.75) is 13.5 Å². The van der Waals surface area contributed by atoms with E-state index in [4.69, 9.17) is 0 Å². The number of amides is 1. The summed E-state index contributed by atoms with van der Waals surface area (Å²) in [6, 6.07) is 14.7. The highest BCUT2D eigenvalue weighted by molar-refractivity contribution is 5.94. The molecule has 2 aromatic rings. The molecule has 0 aromatic heterocycles. The van der Waals surface area contributed by atoms with E-state index >= 15 is 0 Å². The first-order valence-electron chi connectivity index (χ1n) is 10.1. The Morgan fingerprint density at radius 3 is 2.13 bits per heavy atom. The lowest BCUT2D eigenvalue weighted by Gasteiger charge is -2.33. The Labute approximate surface area is 176 Å². The molecule has 1 heterocycles. The van der Waals surface area contributed by atoms with E-state index in [1.54, 1.807) is 19.1 Å². The van der Waals surface area contributed by atoms with Crippen LogP contribution in [-0.2, 0) is 16.1 Å². The largest absolute Gasteiger partial charge is 0.465 e. The van der Waals surface area contributed by atoms with Crippen LogP contribution in [-0.4, -0.2) is 57.5 Å². The maximum atomic E-state index is 12.3. The number of ketones is 1. The van der Waals surface area contributed by atoms with Gasteiger partial charge in [0.25, 0.3) is 5.91 Å². The molecule has 158 valence electrons. The summed E-state index contributed by atoms with van der Waals surface area (Å²) in [7, 11) is 1.35. The molecule has 1 aliphatic heterocycles. The monoisotopic (exact) mass is 410 g/mol. The fourth-order valence-electron chi connectivity index (χ4n) is 3.53. The minimum atomic E-state index is -0.372. The van der Waals surface area contributed by atoms with Gasteiger partial charge in [0.1, 0.15) is 0 Å². The first-order valence-corrected chi connectivity index (χ1v) is 10.1. The number of quaternary nitrogens is 1. The fraction of sp³-hybridized carbons (Fsp3) is 0.348. The number of rotatable bonds is 7. The topological polar surface area (TPSA) is 80.2 Å². The number of ether oxygens (including phenoxy) is 1. The SMILES string of the molecule is COC(=O)c1ccc(CNC(=O)C[NH+]2CCN(c3ccc(C(C)=O)cc3)CC2)cc1. The summed E-state index contributed by atoms with van der Waals surface area (Å²) in [5.74, 6) is -0.286. The van der Waals surface area contributed by atoms with E-state index in [9.17, 15) is 14.4 Å². The quantitative estimate of drug-likeness (QED) is 0.519. The first kappa shape index (κ1) is 21.5. The summed E-state index contributed by atoms with van der Waals surface area (Å²) < 4.78 is 4.68. The second-order valence-electron chi connectivity index (χ2n) is 7.48. The van der Waals surface area contributed by atoms with E-state index in [1.165, 1.54) is 12.0 Å². The number of hydrogen-bond donors (Lipinski definition) is 2. The number of hydrogen-bond acceptors (Lipinski definition) is 5. The number of nitrogens with one attached hydrogen (secondary N) is 2. The third kappa shape index (κ3) is 5.67. The average molecular weight is 410 g/mol. The number of anilines is 1. The smallest absolute Gasteiger partial charge is 0.337 e. The van der Waals surface area contributed by atoms with Gasteiger partial charge in [0, 0.05) is 17.8 Å². The molecule has 1 aliphatic rings. The van der Waals surface area contributed by atoms with E-state index < -0.39 is 0 Å². The summed E-state index contributed by atoms with van der Waals surface area (Å²) in [6.07, 6.45) is 0. The molecule has 0 saturated carbocycles. The number of Topliss-reactive ketones (excluding diaryl/α,β-unsaturated/α-hetero) is 1. The Morgan fingerprint density at radius 2 is 1.57 bits per heavy atom. The molecule has 7 heteroatoms. The van der Waals surface area contributed by atoms with Crippen LogP contribution in [0.1, 0.15) is 33.2 Å². The van der Waals surface area contributed by atoms with Crippen molar-refractivity contribution >= 4 is 23.3 Å². The van der Waals surface area contributed by atoms with Crippen LogP contribution >= 0.6 is 0 Å². The van der Waals surface area contributed by atoms with Crippen LogP contribution in [0.2, 0.25) is 0 Å². The minimum Gasteiger partial charge on any atom is -0.465 e. The molecule has 0 unspecified atom stereocenters. The molecule has 2 aromatic carbocycles. The number of carbonyl (C=O) groups is 3. The van der Waals surface area contributed by atoms with Crippen molar-refractivity contribution in [2.24, 2.45) is 0 Å². The predicted molar refractivity (Wildman–Crippen MR) is 114 cm³/mol. The maximum Gasteiger partial charge on any atom is 0.337 e. The Balaban J connectivity index is 1.41. The lowest BCUT2D eigenvalue weighted by molar-refractivity contribution is -0.892. The van der Waals surface area contributed by atoms with Crippen LogP contribution in [0, 0.1) is 0 Å². The first-order chi connectivity index (χ1) is 14.5. The molecule has 1 amide bonds. The van der Waals surface area contributed by atoms with E-state index in [0.29, 0.717) is 18.7 Å². The minimum absolute atomic E-state index is 0.0151. The number of esters is 1. The highest BCUT2D eigenvalue weighted by atomic mass is 16.5. The lowest BCUT2D eigenvalue weighted by Crippen LogP contribution is -3.15. The molecule has 0 radical (unpaired) electrons. The van der Waals surface area contributed by atoms with E-state index in [2.05, 4.69) is 15.0 Å². The van der Waals surface area contributed by atoms with Gasteiger partial charge in [-0.3, -0.25) is 9.59 Å². The highest BCUT2D eigenvalue weighted by Gasteiger charge is 2.22. The Kier molecular flexibility index (Phi) is 7.19. The van der Waals surface area contributed by atoms with Gasteiger partial charge in [-0.05, 0) is 48.9 Å². The number of piperazine rings is 1. The summed E-state index contributed by atoms with van der Waals surface area (Å²) in [5, 5.41) is 2.95. The molecule has 1 fully saturated rings. The normalized spacial score (nSPS) is 14.3. The molecule has 0 spiro atoms. The number of carbonyl (C=O) groups excluding carboxylic acids is 3. The molecule has 7 nitrogen and oxygen atoms in total. The summed E-state index contributed by atoms with van der Waals surface area (Å²) in [4.78, 5) is 38.7. The maximum absolute atomic E-state index is 12.3. The van der Waals surface area contributed by atoms with Gasteiger partial charge in [-0.2, -0.15) is 0 Å². The van der Waals surface area contributed by atoms with Gasteiger partial charge >= 0.3 is 5.97 Å². The molecule has 3 rings (SSSR count). The van der Waals surface area contributed by atoms with Crippen LogP contribution in [0.15, 0.2) is 48.5 Å². The molecule has 0 bridgehead atoms. The van der Waals surface area contributed by atoms with Gasteiger partial charge < -0.3 is 19.9 Å². The lowest BCUT2D eigenvalue weighted by atomic mass is 10.1. The Bertz CT molecular complexity index is 886. The van der Waals surface area contributed by atoms with Crippen molar-refractivity contribution in [3.8, 4) is 0 Å². The van der Waals surface area contributed by atoms with Crippen LogP contribution < -0.4 is 15.1 Å². The van der Waals surface area contributed by atoms with Crippen molar-refractivity contribution < 1.29 is 24.0 Å². The van der Waals surface area contributed by atoms with Gasteiger partial charge in [-0.15, -0.1) is 0 Å². The molecule has 2 N–H and O–H groups in total. The third-order valence-corrected chi connectivity index (χ3v) is 5.38. The highest BCUT2D eigenvalue weighted by Crippen LogP contribution is 2.15. The van der Waals surface area contributed by atoms with Gasteiger partial charge in [0.2, 0.25) is 0 Å². The summed E-state index contributed by atoms with van der Waals surface area (Å²) in [6.45, 7) is 5.96. The van der Waals surface area contributed by atoms with Gasteiger partial charge in [-0.1, -0.05) is 12.1 Å². The Morgan fingerprint density at radius 1 is 0.967 bits per heavy atom. The van der Waals surface area contributed by atoms with Crippen molar-refractivity contribution in [1.82, 2.24) is 5.32 Å². The summed E-state index contributed by atoms with van der Waals surface area (Å²) in [5.41, 5.74) is 3.26. The zero-order chi connectivity index (χ0) is 21.5. The second-order valence-corrected chi connectivity index (χ2v) is 7.48. The number of nitrogens with zero attached hydrogens (tertiary/aromatic N) is 1. The molecule has 0 atom stereocenters. The predicted octanol–water partition coefficient (Wildman–Crippen LogP) is 0.697. The van der Waals surface area contributed by atoms with E-state index in [0.717, 1.165) is 43.0 Å². The van der Waals surface area contributed by atoms with Crippen molar-refractivity contribution in [3.05, 3.63) is 65.2 Å². The van der Waals surface area contributed by atoms with Gasteiger partial charge in [-0.25, -0.2) is 4.79 Å². The number of benzene rings is 2. The molecular formula is C23H28N3O4+. The summed E-state index contributed by atoms with van der Waals surface area (Å²) >= 11 is 0. The molecule has 0 aliphatic carbocycles. The Hall–Kier alpha value is -3.19. The third-order valence-electron chi connectivity index (χ3n) is 5.38. The zero-order valence-corrected chi connectivity index (χ0v) is 17.4. The van der Waals surface area contributed by atoms with Crippen LogP contribution in [0.4, 0.5) is 5.69 Å². The molecule has 30 heavy (non-hydrogen) atoms. The van der Waals surface area contributed by atoms with Crippen LogP contribution in [0.3, 0.4) is 0 Å². The van der Waals surface area contributed by atoms with Gasteiger partial charge in [0.15, 0.2) is 12.3 Å². The number of methoxy groups -OCH3 is 1.